The Balaban J connectivity index is 0.927. The molecule has 5 heterocycles. The molecule has 4 aliphatic heterocycles. The van der Waals surface area contributed by atoms with Gasteiger partial charge in [-0.25, -0.2) is 14.6 Å². The van der Waals surface area contributed by atoms with Gasteiger partial charge in [0, 0.05) is 36.2 Å². The zero-order valence-electron chi connectivity index (χ0n) is 34.7. The second kappa shape index (κ2) is 16.4. The second-order valence-electron chi connectivity index (χ2n) is 16.4. The van der Waals surface area contributed by atoms with E-state index in [2.05, 4.69) is 58.1 Å². The lowest BCUT2D eigenvalue weighted by Crippen LogP contribution is -2.53. The molecule has 2 saturated heterocycles. The van der Waals surface area contributed by atoms with E-state index in [0.29, 0.717) is 37.5 Å². The van der Waals surface area contributed by atoms with Crippen molar-refractivity contribution >= 4 is 46.2 Å². The van der Waals surface area contributed by atoms with Crippen molar-refractivity contribution in [2.75, 3.05) is 27.3 Å². The third kappa shape index (κ3) is 7.33. The van der Waals surface area contributed by atoms with Crippen molar-refractivity contribution in [1.29, 1.82) is 0 Å². The van der Waals surface area contributed by atoms with Crippen LogP contribution >= 0.6 is 0 Å². The van der Waals surface area contributed by atoms with E-state index < -0.39 is 24.3 Å². The van der Waals surface area contributed by atoms with Crippen LogP contribution in [0.4, 0.5) is 15.3 Å². The average Bonchev–Trinajstić information content (AvgIpc) is 4.13. The molecule has 14 heteroatoms. The van der Waals surface area contributed by atoms with E-state index in [-0.39, 0.29) is 29.8 Å². The summed E-state index contributed by atoms with van der Waals surface area (Å²) in [4.78, 5) is 69.2. The van der Waals surface area contributed by atoms with Gasteiger partial charge in [-0.3, -0.25) is 14.6 Å². The van der Waals surface area contributed by atoms with E-state index in [0.717, 1.165) is 87.1 Å². The number of alkyl carbamates (subject to hydrolysis) is 2. The first-order valence-electron chi connectivity index (χ1n) is 21.0. The van der Waals surface area contributed by atoms with E-state index in [1.807, 2.05) is 55.3 Å². The fourth-order valence-corrected chi connectivity index (χ4v) is 9.45. The van der Waals surface area contributed by atoms with Crippen LogP contribution in [0.1, 0.15) is 74.1 Å². The first-order chi connectivity index (χ1) is 29.6. The number of likely N-dealkylation sites (tertiary alicyclic amines) is 2. The first-order valence-corrected chi connectivity index (χ1v) is 21.0. The number of amides is 4. The standard InChI is InChI=1S/C47H49N7O7/c1-26(2)40(51-46(57)59-3)44(55)53-20-8-12-38(53)36-23-34-31-16-17-32-30-15-14-28(22-29(30)25-61-42(32)33(31)18-19-35(34)49-36)37-24-48-43(50-37)39-13-9-21-54(39)45(56)41(52-47(58)60-4)27-10-6-5-7-11-27/h5-7,10-11,14-19,22,24,26,38-41H,8-9,12-13,20-21,23,25H2,1-4H3,(H,48,50)(H,51,57)(H,52,58)/t38-,39-,40-,41+/m0/s1. The lowest BCUT2D eigenvalue weighted by molar-refractivity contribution is -0.135. The number of nitrogens with zero attached hydrogens (tertiary/aromatic N) is 4. The molecule has 61 heavy (non-hydrogen) atoms. The smallest absolute Gasteiger partial charge is 0.407 e. The molecule has 0 aliphatic carbocycles. The monoisotopic (exact) mass is 823 g/mol. The number of carbonyl (C=O) groups is 4. The lowest BCUT2D eigenvalue weighted by Gasteiger charge is -2.31. The maximum Gasteiger partial charge on any atom is 0.407 e. The number of aliphatic imine (C=N–C) groups is 1. The minimum absolute atomic E-state index is 0.105. The van der Waals surface area contributed by atoms with Gasteiger partial charge < -0.3 is 39.6 Å². The molecule has 0 bridgehead atoms. The first kappa shape index (κ1) is 39.7. The van der Waals surface area contributed by atoms with Crippen molar-refractivity contribution in [2.45, 2.75) is 76.7 Å². The second-order valence-corrected chi connectivity index (χ2v) is 16.4. The molecule has 5 aromatic rings. The number of aromatic nitrogens is 2. The molecule has 1 aromatic heterocycles. The Bertz CT molecular complexity index is 2570. The summed E-state index contributed by atoms with van der Waals surface area (Å²) in [7, 11) is 2.58. The number of benzene rings is 4. The number of hydrogen-bond acceptors (Lipinski definition) is 9. The molecule has 4 aromatic carbocycles. The Morgan fingerprint density at radius 1 is 0.820 bits per heavy atom. The van der Waals surface area contributed by atoms with Crippen LogP contribution in [0.5, 0.6) is 5.75 Å². The molecule has 14 nitrogen and oxygen atoms in total. The van der Waals surface area contributed by atoms with Gasteiger partial charge in [-0.15, -0.1) is 0 Å². The van der Waals surface area contributed by atoms with Crippen LogP contribution in [0.2, 0.25) is 0 Å². The van der Waals surface area contributed by atoms with E-state index >= 15 is 0 Å². The molecule has 0 saturated carbocycles. The maximum absolute atomic E-state index is 14.0. The molecular weight excluding hydrogens is 775 g/mol. The zero-order valence-corrected chi connectivity index (χ0v) is 34.7. The minimum Gasteiger partial charge on any atom is -0.488 e. The van der Waals surface area contributed by atoms with Gasteiger partial charge in [-0.05, 0) is 89.1 Å². The quantitative estimate of drug-likeness (QED) is 0.137. The van der Waals surface area contributed by atoms with Crippen molar-refractivity contribution in [3.8, 4) is 28.1 Å². The molecule has 4 aliphatic rings. The summed E-state index contributed by atoms with van der Waals surface area (Å²) in [6.45, 7) is 5.39. The molecule has 4 amide bonds. The number of fused-ring (bicyclic) bond motifs is 7. The number of H-pyrrole nitrogens is 1. The van der Waals surface area contributed by atoms with Gasteiger partial charge in [0.2, 0.25) is 5.91 Å². The third-order valence-corrected chi connectivity index (χ3v) is 12.5. The van der Waals surface area contributed by atoms with Crippen LogP contribution in [0.15, 0.2) is 84.0 Å². The summed E-state index contributed by atoms with van der Waals surface area (Å²) < 4.78 is 16.2. The van der Waals surface area contributed by atoms with Crippen LogP contribution in [-0.2, 0) is 32.1 Å². The SMILES string of the molecule is COC(=O)N[C@H](C(=O)N1CCC[C@H]1C1=Nc2ccc3c4c(ccc3c2C1)-c1ccc(-c2cnc([C@@H]3CCCN3C(=O)[C@H](NC(=O)OC)c3ccccc3)[nH]2)cc1CO4)C(C)C. The van der Waals surface area contributed by atoms with Crippen molar-refractivity contribution in [2.24, 2.45) is 10.9 Å². The minimum atomic E-state index is -0.891. The fourth-order valence-electron chi connectivity index (χ4n) is 9.45. The number of carbonyl (C=O) groups excluding carboxylic acids is 4. The predicted molar refractivity (Wildman–Crippen MR) is 229 cm³/mol. The highest BCUT2D eigenvalue weighted by Gasteiger charge is 2.40. The number of aromatic amines is 1. The fraction of sp³-hybridized carbons (Fsp3) is 0.362. The van der Waals surface area contributed by atoms with Gasteiger partial charge in [-0.2, -0.15) is 0 Å². The summed E-state index contributed by atoms with van der Waals surface area (Å²) in [5.74, 6) is 1.10. The molecular formula is C47H49N7O7. The molecule has 3 N–H and O–H groups in total. The van der Waals surface area contributed by atoms with Gasteiger partial charge in [-0.1, -0.05) is 62.4 Å². The van der Waals surface area contributed by atoms with Crippen LogP contribution in [0.3, 0.4) is 0 Å². The van der Waals surface area contributed by atoms with E-state index in [1.165, 1.54) is 14.2 Å². The van der Waals surface area contributed by atoms with E-state index in [1.54, 1.807) is 4.90 Å². The number of methoxy groups -OCH3 is 2. The normalized spacial score (nSPS) is 18.7. The number of hydrogen-bond donors (Lipinski definition) is 3. The summed E-state index contributed by atoms with van der Waals surface area (Å²) in [6.07, 6.45) is 4.39. The molecule has 9 rings (SSSR count). The highest BCUT2D eigenvalue weighted by molar-refractivity contribution is 6.08. The highest BCUT2D eigenvalue weighted by Crippen LogP contribution is 2.47. The van der Waals surface area contributed by atoms with Gasteiger partial charge in [0.15, 0.2) is 0 Å². The average molecular weight is 824 g/mol. The molecule has 314 valence electrons. The number of ether oxygens (including phenoxy) is 3. The number of imidazole rings is 1. The van der Waals surface area contributed by atoms with Crippen molar-refractivity contribution < 1.29 is 33.4 Å². The van der Waals surface area contributed by atoms with E-state index in [9.17, 15) is 19.2 Å². The van der Waals surface area contributed by atoms with Crippen LogP contribution < -0.4 is 15.4 Å². The third-order valence-electron chi connectivity index (χ3n) is 12.5. The van der Waals surface area contributed by atoms with Gasteiger partial charge in [0.1, 0.15) is 30.3 Å². The Kier molecular flexibility index (Phi) is 10.7. The van der Waals surface area contributed by atoms with Crippen molar-refractivity contribution in [3.05, 3.63) is 102 Å². The topological polar surface area (TPSA) is 168 Å². The molecule has 2 fully saturated rings. The molecule has 0 spiro atoms. The lowest BCUT2D eigenvalue weighted by atomic mass is 9.90. The summed E-state index contributed by atoms with van der Waals surface area (Å²) in [6, 6.07) is 22.0. The Labute approximate surface area is 353 Å². The van der Waals surface area contributed by atoms with Gasteiger partial charge in [0.05, 0.1) is 43.9 Å². The van der Waals surface area contributed by atoms with Crippen LogP contribution in [0.25, 0.3) is 33.2 Å². The zero-order chi connectivity index (χ0) is 42.4. The van der Waals surface area contributed by atoms with Crippen molar-refractivity contribution in [1.82, 2.24) is 30.4 Å². The number of nitrogens with one attached hydrogen (secondary N) is 3. The highest BCUT2D eigenvalue weighted by atomic mass is 16.5. The maximum atomic E-state index is 14.0. The Hall–Kier alpha value is -6.70. The number of rotatable bonds is 9. The molecule has 0 unspecified atom stereocenters. The van der Waals surface area contributed by atoms with Gasteiger partial charge >= 0.3 is 12.2 Å². The molecule has 0 radical (unpaired) electrons. The molecule has 4 atom stereocenters. The summed E-state index contributed by atoms with van der Waals surface area (Å²) in [5.41, 5.74) is 8.64. The largest absolute Gasteiger partial charge is 0.488 e. The Morgan fingerprint density at radius 2 is 1.52 bits per heavy atom. The van der Waals surface area contributed by atoms with E-state index in [4.69, 9.17) is 24.2 Å². The predicted octanol–water partition coefficient (Wildman–Crippen LogP) is 7.55. The Morgan fingerprint density at radius 3 is 2.28 bits per heavy atom. The van der Waals surface area contributed by atoms with Crippen molar-refractivity contribution in [3.63, 3.8) is 0 Å². The van der Waals surface area contributed by atoms with Crippen LogP contribution in [0, 0.1) is 5.92 Å². The van der Waals surface area contributed by atoms with Gasteiger partial charge in [0.25, 0.3) is 5.91 Å². The van der Waals surface area contributed by atoms with Crippen LogP contribution in [-0.4, -0.2) is 88.9 Å². The summed E-state index contributed by atoms with van der Waals surface area (Å²) >= 11 is 0. The summed E-state index contributed by atoms with van der Waals surface area (Å²) in [5, 5.41) is 7.56.